The van der Waals surface area contributed by atoms with Crippen molar-refractivity contribution in [2.45, 2.75) is 6.92 Å². The molecular formula is C7H8ClNO2. The molecule has 1 rings (SSSR count). The molecule has 0 aromatic carbocycles. The lowest BCUT2D eigenvalue weighted by molar-refractivity contribution is -0.137. The second-order valence-electron chi connectivity index (χ2n) is 2.24. The van der Waals surface area contributed by atoms with Crippen molar-refractivity contribution in [3.05, 3.63) is 23.2 Å². The molecule has 1 aliphatic heterocycles. The number of allylic oxidation sites excluding steroid dienone is 1. The number of carbonyl (C=O) groups excluding carboxylic acids is 1. The van der Waals surface area contributed by atoms with E-state index >= 15 is 0 Å². The fraction of sp³-hybridized carbons (Fsp3) is 0.286. The zero-order chi connectivity index (χ0) is 8.59. The van der Waals surface area contributed by atoms with Gasteiger partial charge >= 0.3 is 5.97 Å². The minimum absolute atomic E-state index is 0.111. The van der Waals surface area contributed by atoms with Crippen LogP contribution in [0.15, 0.2) is 23.2 Å². The van der Waals surface area contributed by atoms with E-state index in [0.29, 0.717) is 11.6 Å². The van der Waals surface area contributed by atoms with Crippen LogP contribution in [0.2, 0.25) is 0 Å². The van der Waals surface area contributed by atoms with Crippen molar-refractivity contribution in [1.82, 2.24) is 4.90 Å². The van der Waals surface area contributed by atoms with Crippen molar-refractivity contribution in [2.75, 3.05) is 7.05 Å². The molecule has 0 saturated carbocycles. The zero-order valence-electron chi connectivity index (χ0n) is 6.35. The zero-order valence-corrected chi connectivity index (χ0v) is 7.10. The van der Waals surface area contributed by atoms with Crippen LogP contribution in [0.25, 0.3) is 0 Å². The Morgan fingerprint density at radius 1 is 1.64 bits per heavy atom. The van der Waals surface area contributed by atoms with Crippen LogP contribution in [0.1, 0.15) is 6.92 Å². The normalized spacial score (nSPS) is 19.0. The molecule has 1 heterocycles. The van der Waals surface area contributed by atoms with Crippen molar-refractivity contribution in [3.63, 3.8) is 0 Å². The predicted molar refractivity (Wildman–Crippen MR) is 41.5 cm³/mol. The van der Waals surface area contributed by atoms with E-state index in [2.05, 4.69) is 11.3 Å². The molecule has 0 fully saturated rings. The minimum Gasteiger partial charge on any atom is -0.406 e. The van der Waals surface area contributed by atoms with Gasteiger partial charge in [0.25, 0.3) is 0 Å². The Hall–Kier alpha value is -0.960. The molecule has 11 heavy (non-hydrogen) atoms. The van der Waals surface area contributed by atoms with Gasteiger partial charge in [0.05, 0.1) is 0 Å². The maximum absolute atomic E-state index is 10.9. The summed E-state index contributed by atoms with van der Waals surface area (Å²) in [5.41, 5.74) is 0.660. The van der Waals surface area contributed by atoms with Crippen LogP contribution in [0.5, 0.6) is 0 Å². The average molecular weight is 174 g/mol. The van der Waals surface area contributed by atoms with Gasteiger partial charge in [-0.1, -0.05) is 11.6 Å². The number of hydrogen-bond acceptors (Lipinski definition) is 3. The SMILES string of the molecule is C=C1OC(=O)C(Cl)=C(C)N1C. The molecule has 3 nitrogen and oxygen atoms in total. The summed E-state index contributed by atoms with van der Waals surface area (Å²) in [6.07, 6.45) is 0. The highest BCUT2D eigenvalue weighted by Crippen LogP contribution is 2.23. The Labute approximate surface area is 69.9 Å². The van der Waals surface area contributed by atoms with Crippen molar-refractivity contribution < 1.29 is 9.53 Å². The molecule has 0 amide bonds. The van der Waals surface area contributed by atoms with Gasteiger partial charge in [-0.2, -0.15) is 0 Å². The van der Waals surface area contributed by atoms with E-state index < -0.39 is 5.97 Å². The van der Waals surface area contributed by atoms with E-state index in [1.807, 2.05) is 0 Å². The second kappa shape index (κ2) is 2.58. The van der Waals surface area contributed by atoms with E-state index in [4.69, 9.17) is 11.6 Å². The fourth-order valence-electron chi connectivity index (χ4n) is 0.702. The molecule has 0 saturated heterocycles. The first-order chi connectivity index (χ1) is 5.04. The summed E-state index contributed by atoms with van der Waals surface area (Å²) in [6.45, 7) is 5.25. The highest BCUT2D eigenvalue weighted by molar-refractivity contribution is 6.41. The summed E-state index contributed by atoms with van der Waals surface area (Å²) in [5.74, 6) is -0.232. The maximum Gasteiger partial charge on any atom is 0.358 e. The number of carbonyl (C=O) groups is 1. The molecule has 0 bridgehead atoms. The van der Waals surface area contributed by atoms with Crippen LogP contribution < -0.4 is 0 Å². The molecule has 0 spiro atoms. The number of cyclic esters (lactones) is 1. The first-order valence-electron chi connectivity index (χ1n) is 3.05. The number of hydrogen-bond donors (Lipinski definition) is 0. The van der Waals surface area contributed by atoms with Crippen molar-refractivity contribution in [1.29, 1.82) is 0 Å². The highest BCUT2D eigenvalue weighted by atomic mass is 35.5. The Morgan fingerprint density at radius 3 is 2.73 bits per heavy atom. The highest BCUT2D eigenvalue weighted by Gasteiger charge is 2.23. The number of nitrogens with zero attached hydrogens (tertiary/aromatic N) is 1. The number of rotatable bonds is 0. The Morgan fingerprint density at radius 2 is 2.18 bits per heavy atom. The summed E-state index contributed by atoms with van der Waals surface area (Å²) in [7, 11) is 1.73. The van der Waals surface area contributed by atoms with Gasteiger partial charge in [0, 0.05) is 12.7 Å². The van der Waals surface area contributed by atoms with E-state index in [9.17, 15) is 4.79 Å². The Bertz CT molecular complexity index is 257. The lowest BCUT2D eigenvalue weighted by Gasteiger charge is -2.26. The molecular weight excluding hydrogens is 166 g/mol. The van der Waals surface area contributed by atoms with Gasteiger partial charge in [-0.15, -0.1) is 0 Å². The smallest absolute Gasteiger partial charge is 0.358 e. The van der Waals surface area contributed by atoms with E-state index in [1.165, 1.54) is 0 Å². The van der Waals surface area contributed by atoms with Crippen LogP contribution in [-0.4, -0.2) is 17.9 Å². The van der Waals surface area contributed by atoms with Gasteiger partial charge < -0.3 is 9.64 Å². The largest absolute Gasteiger partial charge is 0.406 e. The third-order valence-electron chi connectivity index (χ3n) is 1.58. The number of esters is 1. The maximum atomic E-state index is 10.9. The van der Waals surface area contributed by atoms with Gasteiger partial charge in [0.15, 0.2) is 5.88 Å². The summed E-state index contributed by atoms with van der Waals surface area (Å²) in [4.78, 5) is 12.5. The van der Waals surface area contributed by atoms with Crippen molar-refractivity contribution in [3.8, 4) is 0 Å². The first kappa shape index (κ1) is 8.14. The quantitative estimate of drug-likeness (QED) is 0.519. The average Bonchev–Trinajstić information content (AvgIpc) is 1.97. The lowest BCUT2D eigenvalue weighted by atomic mass is 10.3. The van der Waals surface area contributed by atoms with E-state index in [-0.39, 0.29) is 5.03 Å². The second-order valence-corrected chi connectivity index (χ2v) is 2.62. The molecule has 4 heteroatoms. The van der Waals surface area contributed by atoms with Gasteiger partial charge in [-0.05, 0) is 13.5 Å². The van der Waals surface area contributed by atoms with Crippen LogP contribution in [0, 0.1) is 0 Å². The van der Waals surface area contributed by atoms with Crippen LogP contribution in [-0.2, 0) is 9.53 Å². The lowest BCUT2D eigenvalue weighted by Crippen LogP contribution is -2.26. The van der Waals surface area contributed by atoms with Crippen LogP contribution in [0.4, 0.5) is 0 Å². The standard InChI is InChI=1S/C7H8ClNO2/c1-4-6(8)7(10)11-5(2)9(4)3/h2H2,1,3H3. The van der Waals surface area contributed by atoms with Gasteiger partial charge in [0.2, 0.25) is 0 Å². The van der Waals surface area contributed by atoms with Crippen molar-refractivity contribution in [2.24, 2.45) is 0 Å². The summed E-state index contributed by atoms with van der Waals surface area (Å²) in [6, 6.07) is 0. The molecule has 1 aliphatic rings. The molecule has 0 N–H and O–H groups in total. The minimum atomic E-state index is -0.535. The van der Waals surface area contributed by atoms with Crippen LogP contribution >= 0.6 is 11.6 Å². The molecule has 0 aliphatic carbocycles. The predicted octanol–water partition coefficient (Wildman–Crippen LogP) is 1.42. The van der Waals surface area contributed by atoms with Crippen LogP contribution in [0.3, 0.4) is 0 Å². The molecule has 60 valence electrons. The monoisotopic (exact) mass is 173 g/mol. The number of halogens is 1. The molecule has 0 unspecified atom stereocenters. The molecule has 0 aromatic rings. The fourth-order valence-corrected chi connectivity index (χ4v) is 0.868. The van der Waals surface area contributed by atoms with E-state index in [1.54, 1.807) is 18.9 Å². The first-order valence-corrected chi connectivity index (χ1v) is 3.43. The number of ether oxygens (including phenoxy) is 1. The van der Waals surface area contributed by atoms with Gasteiger partial charge in [0.1, 0.15) is 5.03 Å². The Kier molecular flexibility index (Phi) is 1.91. The molecule has 0 aromatic heterocycles. The third-order valence-corrected chi connectivity index (χ3v) is 2.01. The Balaban J connectivity index is 3.08. The summed E-state index contributed by atoms with van der Waals surface area (Å²) >= 11 is 5.60. The summed E-state index contributed by atoms with van der Waals surface area (Å²) < 4.78 is 4.68. The van der Waals surface area contributed by atoms with Gasteiger partial charge in [-0.3, -0.25) is 0 Å². The molecule has 0 atom stereocenters. The van der Waals surface area contributed by atoms with Gasteiger partial charge in [-0.25, -0.2) is 4.79 Å². The summed E-state index contributed by atoms with van der Waals surface area (Å²) in [5, 5.41) is 0.111. The third kappa shape index (κ3) is 1.24. The topological polar surface area (TPSA) is 29.5 Å². The van der Waals surface area contributed by atoms with Crippen molar-refractivity contribution >= 4 is 17.6 Å². The molecule has 0 radical (unpaired) electrons. The van der Waals surface area contributed by atoms with E-state index in [0.717, 1.165) is 0 Å².